The number of hydrogen-bond donors (Lipinski definition) is 0. The fraction of sp³-hybridized carbons (Fsp3) is 0.0204. The molecular formula is C49H33NS. The highest BCUT2D eigenvalue weighted by atomic mass is 32.2. The van der Waals surface area contributed by atoms with Gasteiger partial charge in [0.25, 0.3) is 0 Å². The molecule has 0 radical (unpaired) electrons. The molecule has 240 valence electrons. The molecule has 0 N–H and O–H groups in total. The Balaban J connectivity index is 1.19. The van der Waals surface area contributed by atoms with E-state index in [0.717, 1.165) is 17.1 Å². The van der Waals surface area contributed by atoms with Gasteiger partial charge in [-0.2, -0.15) is 0 Å². The van der Waals surface area contributed by atoms with Crippen LogP contribution in [0.4, 0.5) is 17.1 Å². The van der Waals surface area contributed by atoms with Gasteiger partial charge >= 0.3 is 0 Å². The summed E-state index contributed by atoms with van der Waals surface area (Å²) in [7, 11) is 0. The smallest absolute Gasteiger partial charge is 0.0736 e. The van der Waals surface area contributed by atoms with Gasteiger partial charge in [-0.3, -0.25) is 0 Å². The van der Waals surface area contributed by atoms with Crippen LogP contribution in [0.2, 0.25) is 0 Å². The van der Waals surface area contributed by atoms with Crippen LogP contribution >= 0.6 is 11.8 Å². The second-order valence-electron chi connectivity index (χ2n) is 13.3. The second kappa shape index (κ2) is 12.1. The standard InChI is InChI=1S/C49H33NS/c1-3-13-34(14-4-1)36-23-27-38(28-24-36)50(39-29-25-37(26-30-39)35-15-5-2-6-16-35)40-31-32-42-41-17-7-8-18-43(41)49(46(42)33-40)44-19-9-11-21-47(44)51-48-22-12-10-20-45(48)49/h1-33H. The molecule has 0 fully saturated rings. The Morgan fingerprint density at radius 2 is 0.725 bits per heavy atom. The third kappa shape index (κ3) is 4.71. The number of anilines is 3. The zero-order chi connectivity index (χ0) is 33.8. The number of hydrogen-bond acceptors (Lipinski definition) is 2. The summed E-state index contributed by atoms with van der Waals surface area (Å²) in [6.07, 6.45) is 0. The van der Waals surface area contributed by atoms with Gasteiger partial charge in [0.2, 0.25) is 0 Å². The van der Waals surface area contributed by atoms with Crippen LogP contribution in [0.1, 0.15) is 22.3 Å². The molecule has 51 heavy (non-hydrogen) atoms. The van der Waals surface area contributed by atoms with Gasteiger partial charge in [0.1, 0.15) is 0 Å². The van der Waals surface area contributed by atoms with Crippen molar-refractivity contribution in [2.75, 3.05) is 4.90 Å². The Bertz CT molecular complexity index is 2410. The summed E-state index contributed by atoms with van der Waals surface area (Å²) in [5, 5.41) is 0. The molecule has 0 amide bonds. The molecule has 0 atom stereocenters. The predicted molar refractivity (Wildman–Crippen MR) is 213 cm³/mol. The molecule has 0 saturated carbocycles. The first-order valence-electron chi connectivity index (χ1n) is 17.5. The van der Waals surface area contributed by atoms with E-state index in [0.29, 0.717) is 0 Å². The first kappa shape index (κ1) is 29.8. The van der Waals surface area contributed by atoms with E-state index in [4.69, 9.17) is 0 Å². The minimum absolute atomic E-state index is 0.430. The van der Waals surface area contributed by atoms with Crippen LogP contribution in [-0.4, -0.2) is 0 Å². The van der Waals surface area contributed by atoms with E-state index in [9.17, 15) is 0 Å². The van der Waals surface area contributed by atoms with Crippen LogP contribution < -0.4 is 4.90 Å². The monoisotopic (exact) mass is 667 g/mol. The number of nitrogens with zero attached hydrogens (tertiary/aromatic N) is 1. The van der Waals surface area contributed by atoms with Gasteiger partial charge in [-0.1, -0.05) is 163 Å². The highest BCUT2D eigenvalue weighted by molar-refractivity contribution is 7.99. The largest absolute Gasteiger partial charge is 0.310 e. The lowest BCUT2D eigenvalue weighted by Crippen LogP contribution is -2.32. The Morgan fingerprint density at radius 3 is 1.27 bits per heavy atom. The first-order valence-corrected chi connectivity index (χ1v) is 18.3. The lowest BCUT2D eigenvalue weighted by molar-refractivity contribution is 0.722. The highest BCUT2D eigenvalue weighted by Crippen LogP contribution is 2.62. The molecule has 1 aliphatic heterocycles. The van der Waals surface area contributed by atoms with Crippen molar-refractivity contribution < 1.29 is 0 Å². The van der Waals surface area contributed by atoms with Gasteiger partial charge < -0.3 is 4.90 Å². The first-order chi connectivity index (χ1) is 25.3. The summed E-state index contributed by atoms with van der Waals surface area (Å²) in [6.45, 7) is 0. The van der Waals surface area contributed by atoms with Crippen LogP contribution in [0.25, 0.3) is 33.4 Å². The number of benzene rings is 8. The SMILES string of the molecule is c1ccc(-c2ccc(N(c3ccc(-c4ccccc4)cc3)c3ccc4c(c3)C3(c5ccccc5Sc5ccccc53)c3ccccc3-4)cc2)cc1. The van der Waals surface area contributed by atoms with E-state index >= 15 is 0 Å². The van der Waals surface area contributed by atoms with Gasteiger partial charge in [-0.15, -0.1) is 0 Å². The summed E-state index contributed by atoms with van der Waals surface area (Å²) in [5.74, 6) is 0. The van der Waals surface area contributed by atoms with Gasteiger partial charge in [0.15, 0.2) is 0 Å². The third-order valence-corrected chi connectivity index (χ3v) is 11.7. The zero-order valence-electron chi connectivity index (χ0n) is 27.9. The average molecular weight is 668 g/mol. The maximum absolute atomic E-state index is 2.47. The van der Waals surface area contributed by atoms with Gasteiger partial charge in [-0.25, -0.2) is 0 Å². The minimum Gasteiger partial charge on any atom is -0.310 e. The summed E-state index contributed by atoms with van der Waals surface area (Å²) in [5.41, 5.74) is 15.8. The Kier molecular flexibility index (Phi) is 7.04. The number of fused-ring (bicyclic) bond motifs is 9. The predicted octanol–water partition coefficient (Wildman–Crippen LogP) is 13.3. The van der Waals surface area contributed by atoms with Crippen molar-refractivity contribution in [3.05, 3.63) is 222 Å². The Morgan fingerprint density at radius 1 is 0.314 bits per heavy atom. The average Bonchev–Trinajstić information content (AvgIpc) is 3.49. The quantitative estimate of drug-likeness (QED) is 0.180. The molecule has 1 heterocycles. The van der Waals surface area contributed by atoms with E-state index in [1.807, 2.05) is 11.8 Å². The lowest BCUT2D eigenvalue weighted by Gasteiger charge is -2.40. The molecule has 1 nitrogen and oxygen atoms in total. The molecule has 0 unspecified atom stereocenters. The molecule has 1 aliphatic carbocycles. The van der Waals surface area contributed by atoms with Crippen LogP contribution in [0.3, 0.4) is 0 Å². The van der Waals surface area contributed by atoms with Crippen LogP contribution in [-0.2, 0) is 5.41 Å². The van der Waals surface area contributed by atoms with E-state index in [1.165, 1.54) is 65.4 Å². The van der Waals surface area contributed by atoms with Crippen molar-refractivity contribution in [3.63, 3.8) is 0 Å². The Hall–Kier alpha value is -6.09. The molecule has 2 heteroatoms. The van der Waals surface area contributed by atoms with Crippen LogP contribution in [0, 0.1) is 0 Å². The maximum Gasteiger partial charge on any atom is 0.0736 e. The van der Waals surface area contributed by atoms with E-state index in [-0.39, 0.29) is 0 Å². The second-order valence-corrected chi connectivity index (χ2v) is 14.4. The fourth-order valence-corrected chi connectivity index (χ4v) is 9.49. The van der Waals surface area contributed by atoms with E-state index in [2.05, 4.69) is 205 Å². The molecule has 0 aromatic heterocycles. The van der Waals surface area contributed by atoms with Crippen LogP contribution in [0.15, 0.2) is 210 Å². The maximum atomic E-state index is 2.47. The van der Waals surface area contributed by atoms with Crippen molar-refractivity contribution in [2.24, 2.45) is 0 Å². The van der Waals surface area contributed by atoms with Gasteiger partial charge in [0, 0.05) is 26.9 Å². The van der Waals surface area contributed by atoms with Crippen molar-refractivity contribution in [1.82, 2.24) is 0 Å². The molecule has 10 rings (SSSR count). The molecule has 1 spiro atoms. The molecular weight excluding hydrogens is 635 g/mol. The van der Waals surface area contributed by atoms with Crippen LogP contribution in [0.5, 0.6) is 0 Å². The highest BCUT2D eigenvalue weighted by Gasteiger charge is 2.50. The summed E-state index contributed by atoms with van der Waals surface area (Å²) >= 11 is 1.89. The molecule has 0 bridgehead atoms. The molecule has 8 aromatic rings. The molecule has 0 saturated heterocycles. The van der Waals surface area contributed by atoms with E-state index < -0.39 is 5.41 Å². The van der Waals surface area contributed by atoms with E-state index in [1.54, 1.807) is 0 Å². The topological polar surface area (TPSA) is 3.24 Å². The lowest BCUT2D eigenvalue weighted by atomic mass is 9.67. The van der Waals surface area contributed by atoms with Crippen molar-refractivity contribution in [1.29, 1.82) is 0 Å². The molecule has 8 aromatic carbocycles. The number of rotatable bonds is 5. The third-order valence-electron chi connectivity index (χ3n) is 10.6. The minimum atomic E-state index is -0.430. The fourth-order valence-electron chi connectivity index (χ4n) is 8.30. The van der Waals surface area contributed by atoms with Crippen molar-refractivity contribution in [2.45, 2.75) is 15.2 Å². The normalized spacial score (nSPS) is 13.2. The van der Waals surface area contributed by atoms with Gasteiger partial charge in [0.05, 0.1) is 5.41 Å². The summed E-state index contributed by atoms with van der Waals surface area (Å²) in [6, 6.07) is 73.4. The molecule has 2 aliphatic rings. The summed E-state index contributed by atoms with van der Waals surface area (Å²) < 4.78 is 0. The van der Waals surface area contributed by atoms with Crippen molar-refractivity contribution in [3.8, 4) is 33.4 Å². The zero-order valence-corrected chi connectivity index (χ0v) is 28.7. The van der Waals surface area contributed by atoms with Crippen molar-refractivity contribution >= 4 is 28.8 Å². The summed E-state index contributed by atoms with van der Waals surface area (Å²) in [4.78, 5) is 5.04. The Labute approximate surface area is 303 Å². The van der Waals surface area contributed by atoms with Gasteiger partial charge in [-0.05, 0) is 104 Å².